The number of hydrogen-bond acceptors (Lipinski definition) is 1. The molecular weight excluding hydrogens is 352 g/mol. The van der Waals surface area contributed by atoms with Crippen LogP contribution in [0.3, 0.4) is 0 Å². The summed E-state index contributed by atoms with van der Waals surface area (Å²) in [7, 11) is 0. The van der Waals surface area contributed by atoms with Crippen molar-refractivity contribution in [2.24, 2.45) is 52.3 Å². The van der Waals surface area contributed by atoms with Gasteiger partial charge in [-0.05, 0) is 105 Å². The lowest BCUT2D eigenvalue weighted by atomic mass is 9.44. The van der Waals surface area contributed by atoms with Crippen LogP contribution in [0.15, 0.2) is 12.2 Å². The molecule has 0 aromatic rings. The van der Waals surface area contributed by atoms with E-state index in [2.05, 4.69) is 27.4 Å². The van der Waals surface area contributed by atoms with Crippen molar-refractivity contribution in [1.82, 2.24) is 0 Å². The Kier molecular flexibility index (Phi) is 5.84. The fraction of sp³-hybridized carbons (Fsp3) is 0.893. The van der Waals surface area contributed by atoms with E-state index in [4.69, 9.17) is 0 Å². The Labute approximate surface area is 180 Å². The van der Waals surface area contributed by atoms with E-state index in [1.165, 1.54) is 64.2 Å². The molecule has 0 bridgehead atoms. The quantitative estimate of drug-likeness (QED) is 0.431. The summed E-state index contributed by atoms with van der Waals surface area (Å²) in [6, 6.07) is 0. The second-order valence-electron chi connectivity index (χ2n) is 12.3. The number of fused-ring (bicyclic) bond motifs is 5. The molecule has 4 saturated carbocycles. The molecule has 0 N–H and O–H groups in total. The molecule has 29 heavy (non-hydrogen) atoms. The highest BCUT2D eigenvalue weighted by Crippen LogP contribution is 2.68. The van der Waals surface area contributed by atoms with Gasteiger partial charge in [-0.1, -0.05) is 52.7 Å². The predicted octanol–water partition coefficient (Wildman–Crippen LogP) is 7.84. The third-order valence-electron chi connectivity index (χ3n) is 11.1. The Bertz CT molecular complexity index is 649. The Balaban J connectivity index is 1.49. The standard InChI is InChI=1S/C28H46O/c1-18(2)20(4)26(29)17-19(3)23-12-13-24-22-11-10-21-9-7-8-15-27(21,5)25(22)14-16-28(23,24)6/h19-25H,1,7-17H2,2-6H3/t19-,20-,21?,22+,23-,24+,25+,27+,28-/m1/s1. The summed E-state index contributed by atoms with van der Waals surface area (Å²) in [6.07, 6.45) is 15.4. The molecule has 0 amide bonds. The van der Waals surface area contributed by atoms with E-state index in [9.17, 15) is 4.79 Å². The first kappa shape index (κ1) is 21.6. The molecule has 4 rings (SSSR count). The van der Waals surface area contributed by atoms with Crippen molar-refractivity contribution in [2.75, 3.05) is 0 Å². The van der Waals surface area contributed by atoms with Gasteiger partial charge in [-0.3, -0.25) is 4.79 Å². The molecule has 0 aromatic heterocycles. The lowest BCUT2D eigenvalue weighted by molar-refractivity contribution is -0.125. The van der Waals surface area contributed by atoms with E-state index in [0.29, 0.717) is 22.5 Å². The van der Waals surface area contributed by atoms with Gasteiger partial charge in [0.25, 0.3) is 0 Å². The van der Waals surface area contributed by atoms with Gasteiger partial charge in [-0.25, -0.2) is 0 Å². The molecule has 1 heteroatoms. The van der Waals surface area contributed by atoms with Gasteiger partial charge in [-0.2, -0.15) is 0 Å². The zero-order valence-corrected chi connectivity index (χ0v) is 19.9. The third kappa shape index (κ3) is 3.47. The van der Waals surface area contributed by atoms with Crippen LogP contribution in [0.2, 0.25) is 0 Å². The number of allylic oxidation sites excluding steroid dienone is 1. The molecule has 4 fully saturated rings. The molecule has 0 aromatic carbocycles. The number of carbonyl (C=O) groups excluding carboxylic acids is 1. The lowest BCUT2D eigenvalue weighted by Crippen LogP contribution is -2.53. The minimum absolute atomic E-state index is 0.0275. The Morgan fingerprint density at radius 2 is 1.66 bits per heavy atom. The number of Topliss-reactive ketones (excluding diaryl/α,β-unsaturated/α-hetero) is 1. The van der Waals surface area contributed by atoms with Crippen molar-refractivity contribution < 1.29 is 4.79 Å². The van der Waals surface area contributed by atoms with Crippen LogP contribution in [-0.2, 0) is 4.79 Å². The topological polar surface area (TPSA) is 17.1 Å². The molecule has 1 unspecified atom stereocenters. The highest BCUT2D eigenvalue weighted by molar-refractivity contribution is 5.83. The molecule has 0 heterocycles. The fourth-order valence-electron chi connectivity index (χ4n) is 9.18. The van der Waals surface area contributed by atoms with Crippen LogP contribution in [0.5, 0.6) is 0 Å². The smallest absolute Gasteiger partial charge is 0.139 e. The van der Waals surface area contributed by atoms with Crippen molar-refractivity contribution in [3.63, 3.8) is 0 Å². The van der Waals surface area contributed by atoms with E-state index in [1.54, 1.807) is 0 Å². The number of hydrogen-bond donors (Lipinski definition) is 0. The van der Waals surface area contributed by atoms with E-state index >= 15 is 0 Å². The summed E-state index contributed by atoms with van der Waals surface area (Å²) >= 11 is 0. The van der Waals surface area contributed by atoms with Crippen molar-refractivity contribution in [3.05, 3.63) is 12.2 Å². The second kappa shape index (κ2) is 7.83. The van der Waals surface area contributed by atoms with E-state index in [1.807, 2.05) is 13.8 Å². The maximum Gasteiger partial charge on any atom is 0.139 e. The van der Waals surface area contributed by atoms with Gasteiger partial charge in [-0.15, -0.1) is 0 Å². The lowest BCUT2D eigenvalue weighted by Gasteiger charge is -2.61. The summed E-state index contributed by atoms with van der Waals surface area (Å²) < 4.78 is 0. The number of rotatable bonds is 5. The summed E-state index contributed by atoms with van der Waals surface area (Å²) in [5, 5.41) is 0. The van der Waals surface area contributed by atoms with Crippen molar-refractivity contribution in [2.45, 2.75) is 105 Å². The second-order valence-corrected chi connectivity index (χ2v) is 12.3. The average molecular weight is 399 g/mol. The summed E-state index contributed by atoms with van der Waals surface area (Å²) in [5.74, 6) is 5.60. The highest BCUT2D eigenvalue weighted by atomic mass is 16.1. The molecule has 1 nitrogen and oxygen atoms in total. The first-order valence-corrected chi connectivity index (χ1v) is 12.9. The summed E-state index contributed by atoms with van der Waals surface area (Å²) in [6.45, 7) is 15.8. The maximum atomic E-state index is 12.8. The zero-order chi connectivity index (χ0) is 21.0. The largest absolute Gasteiger partial charge is 0.299 e. The maximum absolute atomic E-state index is 12.8. The molecule has 0 saturated heterocycles. The molecule has 4 aliphatic carbocycles. The zero-order valence-electron chi connectivity index (χ0n) is 19.9. The van der Waals surface area contributed by atoms with Gasteiger partial charge in [0, 0.05) is 12.3 Å². The average Bonchev–Trinajstić information content (AvgIpc) is 3.04. The SMILES string of the molecule is C=C(C)[C@@H](C)C(=O)C[C@@H](C)[C@H]1CC[C@H]2[C@@H]3CCC4CCCC[C@]4(C)[C@H]3CC[C@]12C. The van der Waals surface area contributed by atoms with Crippen molar-refractivity contribution in [3.8, 4) is 0 Å². The van der Waals surface area contributed by atoms with Crippen LogP contribution in [0, 0.1) is 52.3 Å². The van der Waals surface area contributed by atoms with Crippen molar-refractivity contribution in [1.29, 1.82) is 0 Å². The molecule has 0 spiro atoms. The molecule has 0 aliphatic heterocycles. The van der Waals surface area contributed by atoms with Crippen LogP contribution < -0.4 is 0 Å². The predicted molar refractivity (Wildman–Crippen MR) is 123 cm³/mol. The molecule has 0 radical (unpaired) electrons. The van der Waals surface area contributed by atoms with Crippen LogP contribution in [0.4, 0.5) is 0 Å². The van der Waals surface area contributed by atoms with Crippen LogP contribution >= 0.6 is 0 Å². The van der Waals surface area contributed by atoms with Gasteiger partial charge in [0.2, 0.25) is 0 Å². The highest BCUT2D eigenvalue weighted by Gasteiger charge is 2.60. The monoisotopic (exact) mass is 398 g/mol. The van der Waals surface area contributed by atoms with Crippen LogP contribution in [0.1, 0.15) is 105 Å². The molecule has 9 atom stereocenters. The van der Waals surface area contributed by atoms with Gasteiger partial charge in [0.15, 0.2) is 0 Å². The number of carbonyl (C=O) groups is 1. The first-order chi connectivity index (χ1) is 13.7. The molecule has 164 valence electrons. The minimum atomic E-state index is 0.0275. The van der Waals surface area contributed by atoms with Crippen molar-refractivity contribution >= 4 is 5.78 Å². The van der Waals surface area contributed by atoms with E-state index in [-0.39, 0.29) is 5.92 Å². The van der Waals surface area contributed by atoms with Gasteiger partial charge in [0.05, 0.1) is 0 Å². The Morgan fingerprint density at radius 1 is 0.931 bits per heavy atom. The molecular formula is C28H46O. The van der Waals surface area contributed by atoms with Gasteiger partial charge < -0.3 is 0 Å². The molecule has 4 aliphatic rings. The van der Waals surface area contributed by atoms with Gasteiger partial charge >= 0.3 is 0 Å². The van der Waals surface area contributed by atoms with E-state index < -0.39 is 0 Å². The Hall–Kier alpha value is -0.590. The normalized spacial score (nSPS) is 46.2. The third-order valence-corrected chi connectivity index (χ3v) is 11.1. The van der Waals surface area contributed by atoms with Crippen LogP contribution in [0.25, 0.3) is 0 Å². The minimum Gasteiger partial charge on any atom is -0.299 e. The first-order valence-electron chi connectivity index (χ1n) is 12.9. The number of ketones is 1. The van der Waals surface area contributed by atoms with Gasteiger partial charge in [0.1, 0.15) is 5.78 Å². The summed E-state index contributed by atoms with van der Waals surface area (Å²) in [5.41, 5.74) is 2.14. The van der Waals surface area contributed by atoms with E-state index in [0.717, 1.165) is 41.6 Å². The summed E-state index contributed by atoms with van der Waals surface area (Å²) in [4.78, 5) is 12.8. The fourth-order valence-corrected chi connectivity index (χ4v) is 9.18. The Morgan fingerprint density at radius 3 is 2.38 bits per heavy atom. The van der Waals surface area contributed by atoms with Crippen LogP contribution in [-0.4, -0.2) is 5.78 Å².